The summed E-state index contributed by atoms with van der Waals surface area (Å²) in [5.41, 5.74) is 0.467. The summed E-state index contributed by atoms with van der Waals surface area (Å²) in [5, 5.41) is 2.73. The van der Waals surface area contributed by atoms with Crippen LogP contribution < -0.4 is 10.0 Å². The highest BCUT2D eigenvalue weighted by Gasteiger charge is 2.28. The van der Waals surface area contributed by atoms with E-state index in [0.29, 0.717) is 10.6 Å². The fourth-order valence-electron chi connectivity index (χ4n) is 1.98. The zero-order chi connectivity index (χ0) is 15.7. The molecule has 0 radical (unpaired) electrons. The SMILES string of the molecule is Cc1ccc(C(=O)Nc2cccc(S(=O)(=O)NC3CC3)c2)s1. The van der Waals surface area contributed by atoms with Crippen molar-refractivity contribution in [2.45, 2.75) is 30.7 Å². The highest BCUT2D eigenvalue weighted by Crippen LogP contribution is 2.24. The first kappa shape index (κ1) is 15.2. The molecule has 1 heterocycles. The van der Waals surface area contributed by atoms with Gasteiger partial charge in [0.15, 0.2) is 0 Å². The van der Waals surface area contributed by atoms with Gasteiger partial charge in [0.1, 0.15) is 0 Å². The Balaban J connectivity index is 1.77. The molecular weight excluding hydrogens is 320 g/mol. The summed E-state index contributed by atoms with van der Waals surface area (Å²) in [6.45, 7) is 1.93. The van der Waals surface area contributed by atoms with Crippen LogP contribution in [0.1, 0.15) is 27.4 Å². The summed E-state index contributed by atoms with van der Waals surface area (Å²) in [6, 6.07) is 9.98. The Labute approximate surface area is 133 Å². The molecule has 1 fully saturated rings. The second-order valence-corrected chi connectivity index (χ2v) is 8.29. The molecule has 1 saturated carbocycles. The molecule has 1 aliphatic rings. The van der Waals surface area contributed by atoms with Crippen LogP contribution in [0.2, 0.25) is 0 Å². The number of rotatable bonds is 5. The Morgan fingerprint density at radius 2 is 2.00 bits per heavy atom. The molecular formula is C15H16N2O3S2. The lowest BCUT2D eigenvalue weighted by Gasteiger charge is -2.08. The first-order valence-corrected chi connectivity index (χ1v) is 9.24. The number of aryl methyl sites for hydroxylation is 1. The first-order valence-electron chi connectivity index (χ1n) is 6.94. The van der Waals surface area contributed by atoms with Crippen molar-refractivity contribution in [3.63, 3.8) is 0 Å². The van der Waals surface area contributed by atoms with Crippen LogP contribution in [0.3, 0.4) is 0 Å². The lowest BCUT2D eigenvalue weighted by molar-refractivity contribution is 0.103. The normalized spacial score (nSPS) is 14.8. The predicted molar refractivity (Wildman–Crippen MR) is 86.8 cm³/mol. The summed E-state index contributed by atoms with van der Waals surface area (Å²) in [6.07, 6.45) is 1.76. The number of anilines is 1. The van der Waals surface area contributed by atoms with Gasteiger partial charge in [0, 0.05) is 16.6 Å². The van der Waals surface area contributed by atoms with E-state index in [4.69, 9.17) is 0 Å². The van der Waals surface area contributed by atoms with Crippen molar-refractivity contribution < 1.29 is 13.2 Å². The van der Waals surface area contributed by atoms with Crippen LogP contribution in [0.4, 0.5) is 5.69 Å². The molecule has 2 aromatic rings. The van der Waals surface area contributed by atoms with Crippen LogP contribution in [0.25, 0.3) is 0 Å². The van der Waals surface area contributed by atoms with Gasteiger partial charge in [0.25, 0.3) is 5.91 Å². The molecule has 0 spiro atoms. The van der Waals surface area contributed by atoms with E-state index < -0.39 is 10.0 Å². The van der Waals surface area contributed by atoms with Gasteiger partial charge in [-0.15, -0.1) is 11.3 Å². The van der Waals surface area contributed by atoms with Gasteiger partial charge in [-0.05, 0) is 50.1 Å². The molecule has 0 unspecified atom stereocenters. The minimum absolute atomic E-state index is 0.0531. The van der Waals surface area contributed by atoms with Crippen molar-refractivity contribution in [1.82, 2.24) is 4.72 Å². The summed E-state index contributed by atoms with van der Waals surface area (Å²) in [5.74, 6) is -0.234. The minimum atomic E-state index is -3.51. The zero-order valence-corrected chi connectivity index (χ0v) is 13.6. The third kappa shape index (κ3) is 3.55. The first-order chi connectivity index (χ1) is 10.4. The van der Waals surface area contributed by atoms with Crippen molar-refractivity contribution in [3.05, 3.63) is 46.2 Å². The van der Waals surface area contributed by atoms with Crippen LogP contribution in [0.5, 0.6) is 0 Å². The number of sulfonamides is 1. The van der Waals surface area contributed by atoms with Gasteiger partial charge in [-0.3, -0.25) is 4.79 Å². The van der Waals surface area contributed by atoms with Gasteiger partial charge in [-0.1, -0.05) is 6.07 Å². The molecule has 1 aliphatic carbocycles. The maximum atomic E-state index is 12.2. The average Bonchev–Trinajstić information content (AvgIpc) is 3.16. The molecule has 22 heavy (non-hydrogen) atoms. The van der Waals surface area contributed by atoms with Crippen molar-refractivity contribution >= 4 is 33.0 Å². The lowest BCUT2D eigenvalue weighted by Crippen LogP contribution is -2.25. The smallest absolute Gasteiger partial charge is 0.265 e. The van der Waals surface area contributed by atoms with Crippen LogP contribution in [0, 0.1) is 6.92 Å². The second kappa shape index (κ2) is 5.83. The molecule has 2 N–H and O–H groups in total. The highest BCUT2D eigenvalue weighted by atomic mass is 32.2. The molecule has 1 aromatic heterocycles. The maximum Gasteiger partial charge on any atom is 0.265 e. The third-order valence-corrected chi connectivity index (χ3v) is 5.78. The van der Waals surface area contributed by atoms with E-state index in [0.717, 1.165) is 17.7 Å². The Morgan fingerprint density at radius 1 is 1.23 bits per heavy atom. The number of benzene rings is 1. The summed E-state index contributed by atoms with van der Waals surface area (Å²) < 4.78 is 27.0. The van der Waals surface area contributed by atoms with Gasteiger partial charge < -0.3 is 5.32 Å². The fraction of sp³-hybridized carbons (Fsp3) is 0.267. The average molecular weight is 336 g/mol. The molecule has 1 amide bonds. The molecule has 7 heteroatoms. The van der Waals surface area contributed by atoms with E-state index in [1.807, 2.05) is 13.0 Å². The van der Waals surface area contributed by atoms with Gasteiger partial charge in [-0.25, -0.2) is 13.1 Å². The Morgan fingerprint density at radius 3 is 2.64 bits per heavy atom. The monoisotopic (exact) mass is 336 g/mol. The minimum Gasteiger partial charge on any atom is -0.321 e. The number of nitrogens with one attached hydrogen (secondary N) is 2. The molecule has 0 saturated heterocycles. The van der Waals surface area contributed by atoms with Crippen LogP contribution in [-0.2, 0) is 10.0 Å². The van der Waals surface area contributed by atoms with E-state index >= 15 is 0 Å². The standard InChI is InChI=1S/C15H16N2O3S2/c1-10-5-8-14(21-10)15(18)16-12-3-2-4-13(9-12)22(19,20)17-11-6-7-11/h2-5,8-9,11,17H,6-7H2,1H3,(H,16,18). The van der Waals surface area contributed by atoms with Crippen LogP contribution >= 0.6 is 11.3 Å². The van der Waals surface area contributed by atoms with Gasteiger partial charge in [0.2, 0.25) is 10.0 Å². The number of carbonyl (C=O) groups excluding carboxylic acids is 1. The fourth-order valence-corrected chi connectivity index (χ4v) is 4.09. The number of amides is 1. The topological polar surface area (TPSA) is 75.3 Å². The highest BCUT2D eigenvalue weighted by molar-refractivity contribution is 7.89. The Bertz CT molecular complexity index is 808. The summed E-state index contributed by atoms with van der Waals surface area (Å²) in [7, 11) is -3.51. The van der Waals surface area contributed by atoms with Crippen LogP contribution in [-0.4, -0.2) is 20.4 Å². The van der Waals surface area contributed by atoms with Gasteiger partial charge in [-0.2, -0.15) is 0 Å². The van der Waals surface area contributed by atoms with E-state index in [2.05, 4.69) is 10.0 Å². The summed E-state index contributed by atoms with van der Waals surface area (Å²) >= 11 is 1.40. The van der Waals surface area contributed by atoms with E-state index in [-0.39, 0.29) is 16.8 Å². The number of hydrogen-bond acceptors (Lipinski definition) is 4. The number of carbonyl (C=O) groups is 1. The van der Waals surface area contributed by atoms with E-state index in [1.165, 1.54) is 23.5 Å². The van der Waals surface area contributed by atoms with Crippen molar-refractivity contribution in [3.8, 4) is 0 Å². The molecule has 0 bridgehead atoms. The van der Waals surface area contributed by atoms with Gasteiger partial charge in [0.05, 0.1) is 9.77 Å². The van der Waals surface area contributed by atoms with Crippen molar-refractivity contribution in [2.75, 3.05) is 5.32 Å². The van der Waals surface area contributed by atoms with Crippen molar-refractivity contribution in [2.24, 2.45) is 0 Å². The number of thiophene rings is 1. The van der Waals surface area contributed by atoms with Crippen molar-refractivity contribution in [1.29, 1.82) is 0 Å². The Hall–Kier alpha value is -1.70. The number of hydrogen-bond donors (Lipinski definition) is 2. The molecule has 1 aromatic carbocycles. The predicted octanol–water partition coefficient (Wildman–Crippen LogP) is 2.75. The lowest BCUT2D eigenvalue weighted by atomic mass is 10.3. The zero-order valence-electron chi connectivity index (χ0n) is 12.0. The Kier molecular flexibility index (Phi) is 4.03. The van der Waals surface area contributed by atoms with E-state index in [9.17, 15) is 13.2 Å². The maximum absolute atomic E-state index is 12.2. The van der Waals surface area contributed by atoms with Crippen LogP contribution in [0.15, 0.2) is 41.3 Å². The summed E-state index contributed by atoms with van der Waals surface area (Å²) in [4.78, 5) is 13.9. The second-order valence-electron chi connectivity index (χ2n) is 5.29. The largest absolute Gasteiger partial charge is 0.321 e. The molecule has 5 nitrogen and oxygen atoms in total. The van der Waals surface area contributed by atoms with Gasteiger partial charge >= 0.3 is 0 Å². The quantitative estimate of drug-likeness (QED) is 0.881. The third-order valence-electron chi connectivity index (χ3n) is 3.27. The molecule has 3 rings (SSSR count). The molecule has 0 aliphatic heterocycles. The van der Waals surface area contributed by atoms with E-state index in [1.54, 1.807) is 18.2 Å². The molecule has 0 atom stereocenters. The molecule has 116 valence electrons.